The Morgan fingerprint density at radius 2 is 2.15 bits per heavy atom. The summed E-state index contributed by atoms with van der Waals surface area (Å²) in [7, 11) is 0. The second-order valence-corrected chi connectivity index (χ2v) is 6.48. The Hall–Kier alpha value is -0.990. The fourth-order valence-corrected chi connectivity index (χ4v) is 3.91. The van der Waals surface area contributed by atoms with Gasteiger partial charge in [0.15, 0.2) is 5.69 Å². The third-order valence-electron chi connectivity index (χ3n) is 3.33. The van der Waals surface area contributed by atoms with Gasteiger partial charge in [-0.2, -0.15) is 5.10 Å². The maximum Gasteiger partial charge on any atom is 0.356 e. The molecular formula is C11H13IN5O2P. The minimum atomic E-state index is -1.02. The summed E-state index contributed by atoms with van der Waals surface area (Å²) in [5.74, 6) is -1.02. The van der Waals surface area contributed by atoms with Crippen molar-refractivity contribution in [2.75, 3.05) is 31.1 Å². The number of halogens is 1. The molecule has 2 aromatic rings. The summed E-state index contributed by atoms with van der Waals surface area (Å²) in [6.45, 7) is 3.62. The fourth-order valence-electron chi connectivity index (χ4n) is 2.40. The predicted molar refractivity (Wildman–Crippen MR) is 87.3 cm³/mol. The van der Waals surface area contributed by atoms with Crippen LogP contribution in [-0.4, -0.2) is 51.8 Å². The van der Waals surface area contributed by atoms with Crippen LogP contribution in [-0.2, 0) is 0 Å². The van der Waals surface area contributed by atoms with Gasteiger partial charge >= 0.3 is 5.97 Å². The summed E-state index contributed by atoms with van der Waals surface area (Å²) in [4.78, 5) is 17.7. The van der Waals surface area contributed by atoms with Crippen LogP contribution in [0.5, 0.6) is 0 Å². The standard InChI is InChI=1S/C11H13IN5O2P/c12-20-17-10-7(5-15-17)8(6-14-9(10)11(18)19)16-3-1-13-2-4-16/h5-6,13,20H,1-4H2,(H,18,19). The molecule has 20 heavy (non-hydrogen) atoms. The number of pyridine rings is 1. The number of anilines is 1. The maximum absolute atomic E-state index is 11.3. The minimum absolute atomic E-state index is 0.0700. The van der Waals surface area contributed by atoms with Gasteiger partial charge in [0.25, 0.3) is 0 Å². The summed E-state index contributed by atoms with van der Waals surface area (Å²) in [6, 6.07) is 0. The third-order valence-corrected chi connectivity index (χ3v) is 5.20. The maximum atomic E-state index is 11.3. The van der Waals surface area contributed by atoms with E-state index in [1.165, 1.54) is 0 Å². The topological polar surface area (TPSA) is 83.3 Å². The lowest BCUT2D eigenvalue weighted by molar-refractivity contribution is 0.0692. The monoisotopic (exact) mass is 405 g/mol. The zero-order chi connectivity index (χ0) is 14.1. The van der Waals surface area contributed by atoms with Crippen molar-refractivity contribution in [3.8, 4) is 0 Å². The molecule has 106 valence electrons. The van der Waals surface area contributed by atoms with Gasteiger partial charge in [-0.25, -0.2) is 14.2 Å². The molecule has 2 aromatic heterocycles. The van der Waals surface area contributed by atoms with Crippen LogP contribution < -0.4 is 10.2 Å². The number of nitrogens with zero attached hydrogens (tertiary/aromatic N) is 4. The molecular weight excluding hydrogens is 392 g/mol. The lowest BCUT2D eigenvalue weighted by Gasteiger charge is -2.29. The average Bonchev–Trinajstić information content (AvgIpc) is 2.91. The minimum Gasteiger partial charge on any atom is -0.476 e. The number of hydrogen-bond acceptors (Lipinski definition) is 5. The SMILES string of the molecule is O=C(O)c1ncc(N2CCNCC2)c2cnn(PI)c12. The van der Waals surface area contributed by atoms with Crippen LogP contribution in [0.1, 0.15) is 10.5 Å². The molecule has 1 saturated heterocycles. The molecule has 7 nitrogen and oxygen atoms in total. The van der Waals surface area contributed by atoms with E-state index in [4.69, 9.17) is 0 Å². The van der Waals surface area contributed by atoms with Crippen molar-refractivity contribution in [2.24, 2.45) is 0 Å². The highest BCUT2D eigenvalue weighted by Crippen LogP contribution is 2.34. The number of aromatic carboxylic acids is 1. The van der Waals surface area contributed by atoms with Gasteiger partial charge in [-0.1, -0.05) is 0 Å². The fraction of sp³-hybridized carbons (Fsp3) is 0.364. The van der Waals surface area contributed by atoms with E-state index in [1.54, 1.807) is 16.8 Å². The van der Waals surface area contributed by atoms with Crippen LogP contribution in [0, 0.1) is 0 Å². The van der Waals surface area contributed by atoms with Gasteiger partial charge in [0.1, 0.15) is 5.52 Å². The van der Waals surface area contributed by atoms with E-state index < -0.39 is 5.97 Å². The number of carboxylic acids is 1. The number of rotatable bonds is 3. The molecule has 0 spiro atoms. The molecule has 0 bridgehead atoms. The second kappa shape index (κ2) is 5.79. The first kappa shape index (κ1) is 14.0. The lowest BCUT2D eigenvalue weighted by Crippen LogP contribution is -2.43. The molecule has 1 aliphatic rings. The van der Waals surface area contributed by atoms with Gasteiger partial charge in [0.2, 0.25) is 0 Å². The molecule has 0 amide bonds. The van der Waals surface area contributed by atoms with Gasteiger partial charge in [-0.3, -0.25) is 0 Å². The number of fused-ring (bicyclic) bond motifs is 1. The largest absolute Gasteiger partial charge is 0.476 e. The van der Waals surface area contributed by atoms with Gasteiger partial charge in [-0.15, -0.1) is 0 Å². The normalized spacial score (nSPS) is 16.4. The Labute approximate surface area is 130 Å². The zero-order valence-electron chi connectivity index (χ0n) is 10.5. The smallest absolute Gasteiger partial charge is 0.356 e. The van der Waals surface area contributed by atoms with Gasteiger partial charge < -0.3 is 15.3 Å². The molecule has 9 heteroatoms. The van der Waals surface area contributed by atoms with Crippen LogP contribution in [0.4, 0.5) is 5.69 Å². The Kier molecular flexibility index (Phi) is 4.04. The van der Waals surface area contributed by atoms with Crippen molar-refractivity contribution >= 4 is 51.0 Å². The van der Waals surface area contributed by atoms with Crippen LogP contribution in [0.25, 0.3) is 10.9 Å². The number of piperazine rings is 1. The second-order valence-electron chi connectivity index (χ2n) is 4.44. The van der Waals surface area contributed by atoms with Crippen molar-refractivity contribution in [1.29, 1.82) is 0 Å². The molecule has 0 saturated carbocycles. The number of nitrogens with one attached hydrogen (secondary N) is 1. The Balaban J connectivity index is 2.17. The molecule has 1 aliphatic heterocycles. The number of carbonyl (C=O) groups is 1. The predicted octanol–water partition coefficient (Wildman–Crippen LogP) is 1.33. The highest BCUT2D eigenvalue weighted by molar-refractivity contribution is 14.2. The number of hydrogen-bond donors (Lipinski definition) is 2. The van der Waals surface area contributed by atoms with E-state index in [2.05, 4.69) is 42.3 Å². The van der Waals surface area contributed by atoms with Crippen molar-refractivity contribution in [3.63, 3.8) is 0 Å². The Bertz CT molecular complexity index is 656. The van der Waals surface area contributed by atoms with Crippen molar-refractivity contribution in [1.82, 2.24) is 19.9 Å². The Morgan fingerprint density at radius 1 is 1.40 bits per heavy atom. The Morgan fingerprint density at radius 3 is 2.80 bits per heavy atom. The lowest BCUT2D eigenvalue weighted by atomic mass is 10.2. The summed E-state index contributed by atoms with van der Waals surface area (Å²) < 4.78 is 1.71. The van der Waals surface area contributed by atoms with Gasteiger partial charge in [-0.05, 0) is 22.0 Å². The molecule has 0 aromatic carbocycles. The van der Waals surface area contributed by atoms with Crippen molar-refractivity contribution in [3.05, 3.63) is 18.1 Å². The summed E-state index contributed by atoms with van der Waals surface area (Å²) in [5, 5.41) is 17.8. The highest BCUT2D eigenvalue weighted by Gasteiger charge is 2.21. The first-order chi connectivity index (χ1) is 9.72. The van der Waals surface area contributed by atoms with E-state index in [-0.39, 0.29) is 5.69 Å². The molecule has 2 N–H and O–H groups in total. The first-order valence-electron chi connectivity index (χ1n) is 6.14. The average molecular weight is 405 g/mol. The van der Waals surface area contributed by atoms with Crippen molar-refractivity contribution in [2.45, 2.75) is 0 Å². The van der Waals surface area contributed by atoms with Crippen LogP contribution >= 0.6 is 28.4 Å². The zero-order valence-corrected chi connectivity index (χ0v) is 13.7. The molecule has 3 rings (SSSR count). The van der Waals surface area contributed by atoms with Crippen LogP contribution in [0.3, 0.4) is 0 Å². The molecule has 1 fully saturated rings. The molecule has 1 unspecified atom stereocenters. The van der Waals surface area contributed by atoms with Gasteiger partial charge in [0, 0.05) is 31.6 Å². The number of aromatic nitrogens is 3. The summed E-state index contributed by atoms with van der Waals surface area (Å²) in [5.41, 5.74) is 1.65. The van der Waals surface area contributed by atoms with Crippen LogP contribution in [0.15, 0.2) is 12.4 Å². The van der Waals surface area contributed by atoms with Crippen LogP contribution in [0.2, 0.25) is 0 Å². The molecule has 3 heterocycles. The molecule has 0 radical (unpaired) electrons. The summed E-state index contributed by atoms with van der Waals surface area (Å²) in [6.07, 6.45) is 3.74. The third kappa shape index (κ3) is 2.36. The van der Waals surface area contributed by atoms with E-state index in [9.17, 15) is 9.90 Å². The highest BCUT2D eigenvalue weighted by atomic mass is 127. The van der Waals surface area contributed by atoms with E-state index >= 15 is 0 Å². The van der Waals surface area contributed by atoms with Gasteiger partial charge in [0.05, 0.1) is 24.5 Å². The number of carboxylic acid groups (broad SMARTS) is 1. The molecule has 1 atom stereocenters. The summed E-state index contributed by atoms with van der Waals surface area (Å²) >= 11 is 2.19. The first-order valence-corrected chi connectivity index (χ1v) is 10.2. The van der Waals surface area contributed by atoms with Crippen molar-refractivity contribution < 1.29 is 9.90 Å². The van der Waals surface area contributed by atoms with E-state index in [1.807, 2.05) is 0 Å². The van der Waals surface area contributed by atoms with E-state index in [0.29, 0.717) is 11.9 Å². The molecule has 0 aliphatic carbocycles. The quantitative estimate of drug-likeness (QED) is 0.593. The van der Waals surface area contributed by atoms with E-state index in [0.717, 1.165) is 37.3 Å².